The summed E-state index contributed by atoms with van der Waals surface area (Å²) in [6.07, 6.45) is 2.37. The number of nitrogens with two attached hydrogens (primary N) is 1. The van der Waals surface area contributed by atoms with Gasteiger partial charge in [-0.1, -0.05) is 6.07 Å². The molecule has 0 saturated heterocycles. The van der Waals surface area contributed by atoms with Gasteiger partial charge < -0.3 is 11.1 Å². The van der Waals surface area contributed by atoms with Crippen LogP contribution in [0.5, 0.6) is 0 Å². The molecule has 19 heavy (non-hydrogen) atoms. The topological polar surface area (TPSA) is 61.8 Å². The zero-order chi connectivity index (χ0) is 13.7. The Morgan fingerprint density at radius 1 is 1.21 bits per heavy atom. The van der Waals surface area contributed by atoms with E-state index in [1.54, 1.807) is 11.8 Å². The van der Waals surface area contributed by atoms with Crippen LogP contribution in [0.15, 0.2) is 47.4 Å². The smallest absolute Gasteiger partial charge is 0.0670 e. The molecule has 0 fully saturated rings. The highest BCUT2D eigenvalue weighted by Gasteiger charge is 2.02. The van der Waals surface area contributed by atoms with Crippen LogP contribution in [0.25, 0.3) is 0 Å². The van der Waals surface area contributed by atoms with Gasteiger partial charge in [-0.3, -0.25) is 0 Å². The van der Waals surface area contributed by atoms with E-state index in [0.29, 0.717) is 12.1 Å². The monoisotopic (exact) mass is 269 g/mol. The van der Waals surface area contributed by atoms with Crippen molar-refractivity contribution in [2.75, 3.05) is 17.3 Å². The second-order valence-corrected chi connectivity index (χ2v) is 4.99. The highest BCUT2D eigenvalue weighted by Crippen LogP contribution is 2.24. The second kappa shape index (κ2) is 6.17. The molecule has 3 nitrogen and oxygen atoms in total. The molecule has 0 unspecified atom stereocenters. The van der Waals surface area contributed by atoms with Gasteiger partial charge in [0.15, 0.2) is 0 Å². The zero-order valence-corrected chi connectivity index (χ0v) is 11.5. The first kappa shape index (κ1) is 13.3. The number of nitrogens with one attached hydrogen (secondary N) is 1. The number of thioether (sulfide) groups is 1. The van der Waals surface area contributed by atoms with Crippen molar-refractivity contribution in [3.63, 3.8) is 0 Å². The van der Waals surface area contributed by atoms with Crippen molar-refractivity contribution >= 4 is 28.8 Å². The summed E-state index contributed by atoms with van der Waals surface area (Å²) in [4.78, 5) is 1.21. The van der Waals surface area contributed by atoms with Crippen molar-refractivity contribution in [2.45, 2.75) is 11.3 Å². The molecule has 2 aromatic carbocycles. The van der Waals surface area contributed by atoms with E-state index in [2.05, 4.69) is 23.5 Å². The van der Waals surface area contributed by atoms with Crippen molar-refractivity contribution in [1.29, 1.82) is 5.26 Å². The fraction of sp³-hybridized carbons (Fsp3) is 0.133. The van der Waals surface area contributed by atoms with Crippen LogP contribution in [0.3, 0.4) is 0 Å². The van der Waals surface area contributed by atoms with Crippen LogP contribution >= 0.6 is 11.8 Å². The third-order valence-electron chi connectivity index (χ3n) is 2.77. The summed E-state index contributed by atoms with van der Waals surface area (Å²) in [5, 5.41) is 12.1. The van der Waals surface area contributed by atoms with Crippen LogP contribution in [0, 0.1) is 11.3 Å². The maximum Gasteiger partial charge on any atom is 0.0670 e. The normalized spacial score (nSPS) is 9.89. The summed E-state index contributed by atoms with van der Waals surface area (Å²) in [6, 6.07) is 16.0. The zero-order valence-electron chi connectivity index (χ0n) is 10.7. The number of hydrogen-bond acceptors (Lipinski definition) is 4. The molecule has 0 bridgehead atoms. The summed E-state index contributed by atoms with van der Waals surface area (Å²) in [7, 11) is 0. The highest BCUT2D eigenvalue weighted by atomic mass is 32.2. The Kier molecular flexibility index (Phi) is 4.32. The first-order valence-electron chi connectivity index (χ1n) is 5.89. The van der Waals surface area contributed by atoms with E-state index in [9.17, 15) is 0 Å². The van der Waals surface area contributed by atoms with Gasteiger partial charge in [-0.2, -0.15) is 5.26 Å². The molecule has 0 aliphatic heterocycles. The van der Waals surface area contributed by atoms with Gasteiger partial charge in [-0.05, 0) is 48.2 Å². The van der Waals surface area contributed by atoms with Crippen molar-refractivity contribution in [3.8, 4) is 6.07 Å². The van der Waals surface area contributed by atoms with Gasteiger partial charge in [0.1, 0.15) is 0 Å². The lowest BCUT2D eigenvalue weighted by Crippen LogP contribution is -1.96. The summed E-state index contributed by atoms with van der Waals surface area (Å²) in [5.41, 5.74) is 9.31. The summed E-state index contributed by atoms with van der Waals surface area (Å²) < 4.78 is 0. The van der Waals surface area contributed by atoms with E-state index in [-0.39, 0.29) is 0 Å². The quantitative estimate of drug-likeness (QED) is 0.654. The van der Waals surface area contributed by atoms with Gasteiger partial charge >= 0.3 is 0 Å². The first-order chi connectivity index (χ1) is 9.22. The second-order valence-electron chi connectivity index (χ2n) is 4.11. The number of anilines is 3. The molecule has 0 radical (unpaired) electrons. The van der Waals surface area contributed by atoms with Crippen LogP contribution in [0.2, 0.25) is 0 Å². The molecular formula is C15H15N3S. The maximum atomic E-state index is 8.76. The Balaban J connectivity index is 2.23. The number of benzene rings is 2. The third kappa shape index (κ3) is 3.43. The SMILES string of the molecule is CSc1cccc(Nc2ccc(N)c(CC#N)c2)c1. The number of hydrogen-bond donors (Lipinski definition) is 2. The lowest BCUT2D eigenvalue weighted by atomic mass is 10.1. The van der Waals surface area contributed by atoms with Gasteiger partial charge in [-0.15, -0.1) is 11.8 Å². The minimum absolute atomic E-state index is 0.326. The first-order valence-corrected chi connectivity index (χ1v) is 7.12. The molecule has 3 N–H and O–H groups in total. The van der Waals surface area contributed by atoms with Crippen LogP contribution in [0.1, 0.15) is 5.56 Å². The van der Waals surface area contributed by atoms with Crippen molar-refractivity contribution < 1.29 is 0 Å². The average molecular weight is 269 g/mol. The summed E-state index contributed by atoms with van der Waals surface area (Å²) in [6.45, 7) is 0. The predicted octanol–water partition coefficient (Wildman–Crippen LogP) is 3.80. The van der Waals surface area contributed by atoms with E-state index in [1.807, 2.05) is 36.6 Å². The Bertz CT molecular complexity index is 617. The van der Waals surface area contributed by atoms with Gasteiger partial charge in [0.25, 0.3) is 0 Å². The minimum atomic E-state index is 0.326. The predicted molar refractivity (Wildman–Crippen MR) is 81.7 cm³/mol. The van der Waals surface area contributed by atoms with E-state index in [1.165, 1.54) is 4.90 Å². The van der Waals surface area contributed by atoms with E-state index < -0.39 is 0 Å². The molecule has 0 aliphatic rings. The lowest BCUT2D eigenvalue weighted by Gasteiger charge is -2.10. The van der Waals surface area contributed by atoms with Gasteiger partial charge in [0.2, 0.25) is 0 Å². The largest absolute Gasteiger partial charge is 0.398 e. The van der Waals surface area contributed by atoms with Crippen LogP contribution < -0.4 is 11.1 Å². The molecule has 2 rings (SSSR count). The Hall–Kier alpha value is -2.12. The fourth-order valence-corrected chi connectivity index (χ4v) is 2.25. The molecule has 0 heterocycles. The van der Waals surface area contributed by atoms with Crippen molar-refractivity contribution in [1.82, 2.24) is 0 Å². The summed E-state index contributed by atoms with van der Waals surface area (Å²) in [5.74, 6) is 0. The Morgan fingerprint density at radius 3 is 2.74 bits per heavy atom. The fourth-order valence-electron chi connectivity index (χ4n) is 1.79. The van der Waals surface area contributed by atoms with Gasteiger partial charge in [-0.25, -0.2) is 0 Å². The molecule has 0 atom stereocenters. The molecule has 96 valence electrons. The Labute approximate surface area is 117 Å². The van der Waals surface area contributed by atoms with Crippen molar-refractivity contribution in [2.24, 2.45) is 0 Å². The summed E-state index contributed by atoms with van der Waals surface area (Å²) >= 11 is 1.70. The molecule has 2 aromatic rings. The van der Waals surface area contributed by atoms with Crippen LogP contribution in [0.4, 0.5) is 17.1 Å². The van der Waals surface area contributed by atoms with Gasteiger partial charge in [0.05, 0.1) is 12.5 Å². The standard InChI is InChI=1S/C15H15N3S/c1-19-14-4-2-3-12(10-14)18-13-5-6-15(17)11(9-13)7-8-16/h2-6,9-10,18H,7,17H2,1H3. The van der Waals surface area contributed by atoms with Crippen LogP contribution in [-0.4, -0.2) is 6.26 Å². The molecule has 0 spiro atoms. The number of rotatable bonds is 4. The van der Waals surface area contributed by atoms with E-state index in [0.717, 1.165) is 16.9 Å². The van der Waals surface area contributed by atoms with Crippen molar-refractivity contribution in [3.05, 3.63) is 48.0 Å². The minimum Gasteiger partial charge on any atom is -0.398 e. The van der Waals surface area contributed by atoms with Gasteiger partial charge in [0, 0.05) is 22.0 Å². The van der Waals surface area contributed by atoms with E-state index in [4.69, 9.17) is 11.0 Å². The molecule has 0 aromatic heterocycles. The number of nitrogen functional groups attached to an aromatic ring is 1. The molecule has 0 aliphatic carbocycles. The highest BCUT2D eigenvalue weighted by molar-refractivity contribution is 7.98. The van der Waals surface area contributed by atoms with Crippen LogP contribution in [-0.2, 0) is 6.42 Å². The average Bonchev–Trinajstić information content (AvgIpc) is 2.43. The number of nitriles is 1. The molecular weight excluding hydrogens is 254 g/mol. The molecule has 0 amide bonds. The number of nitrogens with zero attached hydrogens (tertiary/aromatic N) is 1. The molecule has 0 saturated carbocycles. The third-order valence-corrected chi connectivity index (χ3v) is 3.50. The lowest BCUT2D eigenvalue weighted by molar-refractivity contribution is 1.26. The molecule has 4 heteroatoms. The van der Waals surface area contributed by atoms with E-state index >= 15 is 0 Å². The Morgan fingerprint density at radius 2 is 2.00 bits per heavy atom. The maximum absolute atomic E-state index is 8.76.